The van der Waals surface area contributed by atoms with Crippen LogP contribution in [0.5, 0.6) is 5.75 Å². The van der Waals surface area contributed by atoms with Crippen molar-refractivity contribution in [2.45, 2.75) is 19.9 Å². The van der Waals surface area contributed by atoms with Gasteiger partial charge in [-0.25, -0.2) is 5.53 Å². The van der Waals surface area contributed by atoms with Gasteiger partial charge in [-0.15, -0.1) is 0 Å². The Hall–Kier alpha value is -2.89. The Morgan fingerprint density at radius 3 is 2.56 bits per heavy atom. The molecular weight excluding hydrogens is 318 g/mol. The number of ether oxygens (including phenoxy) is 2. The van der Waals surface area contributed by atoms with Gasteiger partial charge in [0, 0.05) is 5.69 Å². The average molecular weight is 341 g/mol. The lowest BCUT2D eigenvalue weighted by molar-refractivity contribution is -0.139. The fourth-order valence-electron chi connectivity index (χ4n) is 2.47. The molecular formula is C19H23N3O3. The molecule has 6 heteroatoms. The molecule has 2 aromatic rings. The van der Waals surface area contributed by atoms with E-state index in [0.717, 1.165) is 17.0 Å². The normalized spacial score (nSPS) is 11.5. The summed E-state index contributed by atoms with van der Waals surface area (Å²) in [7, 11) is 1.37. The molecule has 0 aliphatic carbocycles. The smallest absolute Gasteiger partial charge is 0.325 e. The molecule has 132 valence electrons. The molecule has 2 aromatic carbocycles. The van der Waals surface area contributed by atoms with Crippen LogP contribution in [0, 0.1) is 12.5 Å². The summed E-state index contributed by atoms with van der Waals surface area (Å²) in [6, 6.07) is 15.0. The monoisotopic (exact) mass is 341 g/mol. The van der Waals surface area contributed by atoms with Crippen LogP contribution >= 0.6 is 0 Å². The molecule has 6 nitrogen and oxygen atoms in total. The second-order valence-corrected chi connectivity index (χ2v) is 5.76. The molecule has 0 heterocycles. The Bertz CT molecular complexity index is 719. The van der Waals surface area contributed by atoms with Crippen LogP contribution in [0.25, 0.3) is 0 Å². The first kappa shape index (κ1) is 18.4. The van der Waals surface area contributed by atoms with Crippen molar-refractivity contribution in [3.63, 3.8) is 0 Å². The summed E-state index contributed by atoms with van der Waals surface area (Å²) in [4.78, 5) is 13.8. The van der Waals surface area contributed by atoms with Crippen LogP contribution in [0.1, 0.15) is 12.5 Å². The van der Waals surface area contributed by atoms with Gasteiger partial charge in [-0.1, -0.05) is 18.2 Å². The van der Waals surface area contributed by atoms with Crippen LogP contribution in [0.15, 0.2) is 53.6 Å². The summed E-state index contributed by atoms with van der Waals surface area (Å²) >= 11 is 0. The fourth-order valence-corrected chi connectivity index (χ4v) is 2.47. The van der Waals surface area contributed by atoms with Gasteiger partial charge < -0.3 is 14.4 Å². The van der Waals surface area contributed by atoms with E-state index >= 15 is 0 Å². The summed E-state index contributed by atoms with van der Waals surface area (Å²) in [5.41, 5.74) is 9.51. The lowest BCUT2D eigenvalue weighted by Crippen LogP contribution is -2.41. The van der Waals surface area contributed by atoms with Gasteiger partial charge in [0.15, 0.2) is 0 Å². The predicted octanol–water partition coefficient (Wildman–Crippen LogP) is 4.10. The molecule has 1 atom stereocenters. The number of rotatable bonds is 8. The summed E-state index contributed by atoms with van der Waals surface area (Å²) < 4.78 is 10.6. The van der Waals surface area contributed by atoms with Crippen LogP contribution in [-0.2, 0) is 9.53 Å². The Morgan fingerprint density at radius 1 is 1.24 bits per heavy atom. The SMILES string of the molecule is COC(=O)CN(c1ccc(N=N)c(C)c1)C(C)COc1ccccc1. The predicted molar refractivity (Wildman–Crippen MR) is 96.7 cm³/mol. The first-order valence-corrected chi connectivity index (χ1v) is 8.04. The first-order chi connectivity index (χ1) is 12.0. The summed E-state index contributed by atoms with van der Waals surface area (Å²) in [6.07, 6.45) is 0. The highest BCUT2D eigenvalue weighted by Gasteiger charge is 2.20. The number of esters is 1. The molecule has 0 bridgehead atoms. The van der Waals surface area contributed by atoms with E-state index in [4.69, 9.17) is 15.0 Å². The molecule has 0 aromatic heterocycles. The number of carbonyl (C=O) groups excluding carboxylic acids is 1. The van der Waals surface area contributed by atoms with E-state index in [9.17, 15) is 4.79 Å². The van der Waals surface area contributed by atoms with Gasteiger partial charge in [0.05, 0.1) is 18.8 Å². The van der Waals surface area contributed by atoms with Crippen LogP contribution in [0.4, 0.5) is 11.4 Å². The van der Waals surface area contributed by atoms with Crippen LogP contribution in [0.3, 0.4) is 0 Å². The maximum absolute atomic E-state index is 11.8. The number of benzene rings is 2. The zero-order valence-corrected chi connectivity index (χ0v) is 14.7. The Kier molecular flexibility index (Phi) is 6.51. The number of anilines is 1. The molecule has 0 radical (unpaired) electrons. The van der Waals surface area contributed by atoms with Gasteiger partial charge in [-0.3, -0.25) is 4.79 Å². The number of hydrogen-bond acceptors (Lipinski definition) is 6. The van der Waals surface area contributed by atoms with Crippen molar-refractivity contribution in [3.05, 3.63) is 54.1 Å². The van der Waals surface area contributed by atoms with Gasteiger partial charge in [0.2, 0.25) is 0 Å². The number of nitrogens with one attached hydrogen (secondary N) is 1. The quantitative estimate of drug-likeness (QED) is 0.579. The lowest BCUT2D eigenvalue weighted by Gasteiger charge is -2.30. The Labute approximate surface area is 147 Å². The van der Waals surface area contributed by atoms with Crippen LogP contribution in [-0.4, -0.2) is 32.3 Å². The molecule has 0 fully saturated rings. The molecule has 1 unspecified atom stereocenters. The number of methoxy groups -OCH3 is 1. The second kappa shape index (κ2) is 8.82. The minimum atomic E-state index is -0.321. The fraction of sp³-hybridized carbons (Fsp3) is 0.316. The van der Waals surface area contributed by atoms with E-state index in [1.807, 2.05) is 61.2 Å². The Morgan fingerprint density at radius 2 is 1.96 bits per heavy atom. The lowest BCUT2D eigenvalue weighted by atomic mass is 10.1. The van der Waals surface area contributed by atoms with Crippen LogP contribution in [0.2, 0.25) is 0 Å². The molecule has 0 saturated heterocycles. The van der Waals surface area contributed by atoms with Crippen LogP contribution < -0.4 is 9.64 Å². The van der Waals surface area contributed by atoms with E-state index in [-0.39, 0.29) is 18.6 Å². The van der Waals surface area contributed by atoms with E-state index < -0.39 is 0 Å². The minimum Gasteiger partial charge on any atom is -0.491 e. The zero-order valence-electron chi connectivity index (χ0n) is 14.7. The zero-order chi connectivity index (χ0) is 18.2. The first-order valence-electron chi connectivity index (χ1n) is 8.04. The van der Waals surface area contributed by atoms with Gasteiger partial charge in [0.1, 0.15) is 18.9 Å². The van der Waals surface area contributed by atoms with Gasteiger partial charge in [-0.2, -0.15) is 5.11 Å². The van der Waals surface area contributed by atoms with Crippen molar-refractivity contribution >= 4 is 17.3 Å². The maximum Gasteiger partial charge on any atom is 0.325 e. The summed E-state index contributed by atoms with van der Waals surface area (Å²) in [5.74, 6) is 0.463. The average Bonchev–Trinajstić information content (AvgIpc) is 2.64. The number of nitrogens with zero attached hydrogens (tertiary/aromatic N) is 2. The van der Waals surface area contributed by atoms with Crippen molar-refractivity contribution in [1.82, 2.24) is 0 Å². The standard InChI is InChI=1S/C19H23N3O3/c1-14-11-16(9-10-18(14)21-20)22(12-19(23)24-3)15(2)13-25-17-7-5-4-6-8-17/h4-11,15,20H,12-13H2,1-3H3. The highest BCUT2D eigenvalue weighted by atomic mass is 16.5. The van der Waals surface area contributed by atoms with Crippen molar-refractivity contribution in [3.8, 4) is 5.75 Å². The van der Waals surface area contributed by atoms with Crippen molar-refractivity contribution in [2.24, 2.45) is 5.11 Å². The highest BCUT2D eigenvalue weighted by molar-refractivity contribution is 5.76. The largest absolute Gasteiger partial charge is 0.491 e. The molecule has 0 spiro atoms. The number of para-hydroxylation sites is 1. The topological polar surface area (TPSA) is 75.0 Å². The van der Waals surface area contributed by atoms with Gasteiger partial charge >= 0.3 is 5.97 Å². The third-order valence-corrected chi connectivity index (χ3v) is 3.93. The molecule has 0 aliphatic heterocycles. The highest BCUT2D eigenvalue weighted by Crippen LogP contribution is 2.26. The number of carbonyl (C=O) groups is 1. The summed E-state index contributed by atoms with van der Waals surface area (Å²) in [5, 5.41) is 3.48. The second-order valence-electron chi connectivity index (χ2n) is 5.76. The third-order valence-electron chi connectivity index (χ3n) is 3.93. The number of aryl methyl sites for hydroxylation is 1. The minimum absolute atomic E-state index is 0.0579. The van der Waals surface area contributed by atoms with Gasteiger partial charge in [0.25, 0.3) is 0 Å². The van der Waals surface area contributed by atoms with E-state index in [1.165, 1.54) is 7.11 Å². The van der Waals surface area contributed by atoms with Crippen molar-refractivity contribution in [1.29, 1.82) is 5.53 Å². The summed E-state index contributed by atoms with van der Waals surface area (Å²) in [6.45, 7) is 4.42. The number of hydrogen-bond donors (Lipinski definition) is 1. The molecule has 0 aliphatic rings. The molecule has 0 saturated carbocycles. The molecule has 1 N–H and O–H groups in total. The molecule has 0 amide bonds. The van der Waals surface area contributed by atoms with E-state index in [0.29, 0.717) is 12.3 Å². The van der Waals surface area contributed by atoms with E-state index in [1.54, 1.807) is 6.07 Å². The maximum atomic E-state index is 11.8. The molecule has 2 rings (SSSR count). The van der Waals surface area contributed by atoms with Crippen molar-refractivity contribution < 1.29 is 14.3 Å². The Balaban J connectivity index is 2.17. The van der Waals surface area contributed by atoms with E-state index in [2.05, 4.69) is 5.11 Å². The van der Waals surface area contributed by atoms with Gasteiger partial charge in [-0.05, 0) is 49.7 Å². The van der Waals surface area contributed by atoms with Crippen molar-refractivity contribution in [2.75, 3.05) is 25.2 Å². The third kappa shape index (κ3) is 5.04. The molecule has 25 heavy (non-hydrogen) atoms.